The van der Waals surface area contributed by atoms with E-state index >= 15 is 0 Å². The van der Waals surface area contributed by atoms with Gasteiger partial charge in [-0.25, -0.2) is 0 Å². The van der Waals surface area contributed by atoms with Gasteiger partial charge in [0.25, 0.3) is 0 Å². The van der Waals surface area contributed by atoms with E-state index in [2.05, 4.69) is 68.6 Å². The fourth-order valence-corrected chi connectivity index (χ4v) is 4.75. The van der Waals surface area contributed by atoms with Crippen molar-refractivity contribution in [2.75, 3.05) is 51.8 Å². The molecule has 2 aliphatic heterocycles. The first-order valence-electron chi connectivity index (χ1n) is 11.1. The molecule has 2 fully saturated rings. The second-order valence-electron chi connectivity index (χ2n) is 8.52. The van der Waals surface area contributed by atoms with Gasteiger partial charge in [0.2, 0.25) is 0 Å². The standard InChI is InChI=1S/C25H34N4O/c1-26-25(29-14-11-21(18-29)15-20-7-4-3-5-8-20)27-17-22-12-13-28(19-22)23-9-6-10-24(16-23)30-2/h3-10,16,21-22H,11-15,17-19H2,1-2H3,(H,26,27). The van der Waals surface area contributed by atoms with Crippen molar-refractivity contribution in [2.24, 2.45) is 16.8 Å². The van der Waals surface area contributed by atoms with Crippen LogP contribution < -0.4 is 15.0 Å². The van der Waals surface area contributed by atoms with Crippen LogP contribution >= 0.6 is 0 Å². The van der Waals surface area contributed by atoms with Gasteiger partial charge in [0.15, 0.2) is 5.96 Å². The Hall–Kier alpha value is -2.69. The van der Waals surface area contributed by atoms with E-state index in [1.54, 1.807) is 7.11 Å². The van der Waals surface area contributed by atoms with Gasteiger partial charge in [-0.15, -0.1) is 0 Å². The van der Waals surface area contributed by atoms with Gasteiger partial charge in [-0.05, 0) is 48.8 Å². The number of guanidine groups is 1. The summed E-state index contributed by atoms with van der Waals surface area (Å²) in [5.41, 5.74) is 2.69. The number of anilines is 1. The molecule has 0 radical (unpaired) electrons. The minimum atomic E-state index is 0.635. The minimum Gasteiger partial charge on any atom is -0.497 e. The highest BCUT2D eigenvalue weighted by Crippen LogP contribution is 2.27. The Morgan fingerprint density at radius 3 is 2.67 bits per heavy atom. The van der Waals surface area contributed by atoms with E-state index in [9.17, 15) is 0 Å². The van der Waals surface area contributed by atoms with Crippen molar-refractivity contribution in [1.29, 1.82) is 0 Å². The molecule has 30 heavy (non-hydrogen) atoms. The number of ether oxygens (including phenoxy) is 1. The lowest BCUT2D eigenvalue weighted by Crippen LogP contribution is -2.42. The number of benzene rings is 2. The van der Waals surface area contributed by atoms with Crippen LogP contribution in [-0.4, -0.2) is 57.7 Å². The monoisotopic (exact) mass is 406 g/mol. The quantitative estimate of drug-likeness (QED) is 0.587. The first kappa shape index (κ1) is 20.6. The molecule has 5 heteroatoms. The molecule has 160 valence electrons. The van der Waals surface area contributed by atoms with Crippen LogP contribution in [0, 0.1) is 11.8 Å². The first-order chi connectivity index (χ1) is 14.7. The molecule has 2 aromatic rings. The lowest BCUT2D eigenvalue weighted by Gasteiger charge is -2.24. The maximum Gasteiger partial charge on any atom is 0.193 e. The van der Waals surface area contributed by atoms with Crippen LogP contribution in [0.2, 0.25) is 0 Å². The molecule has 1 N–H and O–H groups in total. The highest BCUT2D eigenvalue weighted by Gasteiger charge is 2.27. The zero-order valence-electron chi connectivity index (χ0n) is 18.3. The Morgan fingerprint density at radius 1 is 1.03 bits per heavy atom. The molecule has 0 bridgehead atoms. The number of hydrogen-bond acceptors (Lipinski definition) is 3. The van der Waals surface area contributed by atoms with Gasteiger partial charge in [-0.3, -0.25) is 4.99 Å². The van der Waals surface area contributed by atoms with Crippen molar-refractivity contribution in [3.05, 3.63) is 60.2 Å². The van der Waals surface area contributed by atoms with Gasteiger partial charge >= 0.3 is 0 Å². The molecule has 2 aliphatic rings. The van der Waals surface area contributed by atoms with Crippen molar-refractivity contribution < 1.29 is 4.74 Å². The highest BCUT2D eigenvalue weighted by molar-refractivity contribution is 5.80. The number of methoxy groups -OCH3 is 1. The first-order valence-corrected chi connectivity index (χ1v) is 11.1. The fraction of sp³-hybridized carbons (Fsp3) is 0.480. The third-order valence-electron chi connectivity index (χ3n) is 6.42. The smallest absolute Gasteiger partial charge is 0.193 e. The number of likely N-dealkylation sites (tertiary alicyclic amines) is 1. The zero-order valence-corrected chi connectivity index (χ0v) is 18.3. The number of rotatable bonds is 6. The minimum absolute atomic E-state index is 0.635. The summed E-state index contributed by atoms with van der Waals surface area (Å²) in [5, 5.41) is 3.66. The average molecular weight is 407 g/mol. The summed E-state index contributed by atoms with van der Waals surface area (Å²) in [7, 11) is 3.63. The SMILES string of the molecule is CN=C(NCC1CCN(c2cccc(OC)c2)C1)N1CCC(Cc2ccccc2)C1. The molecular formula is C25H34N4O. The summed E-state index contributed by atoms with van der Waals surface area (Å²) in [6, 6.07) is 19.2. The van der Waals surface area contributed by atoms with Crippen LogP contribution in [0.25, 0.3) is 0 Å². The Balaban J connectivity index is 1.25. The summed E-state index contributed by atoms with van der Waals surface area (Å²) in [6.07, 6.45) is 3.60. The molecule has 0 aromatic heterocycles. The molecule has 0 aliphatic carbocycles. The Labute approximate surface area is 180 Å². The maximum atomic E-state index is 5.38. The Bertz CT molecular complexity index is 838. The normalized spacial score (nSPS) is 21.9. The lowest BCUT2D eigenvalue weighted by atomic mass is 9.99. The van der Waals surface area contributed by atoms with Gasteiger partial charge in [0.05, 0.1) is 7.11 Å². The Morgan fingerprint density at radius 2 is 1.87 bits per heavy atom. The predicted octanol–water partition coefficient (Wildman–Crippen LogP) is 3.66. The summed E-state index contributed by atoms with van der Waals surface area (Å²) >= 11 is 0. The maximum absolute atomic E-state index is 5.38. The molecule has 0 spiro atoms. The molecule has 4 rings (SSSR count). The predicted molar refractivity (Wildman–Crippen MR) is 125 cm³/mol. The van der Waals surface area contributed by atoms with E-state index in [-0.39, 0.29) is 0 Å². The second kappa shape index (κ2) is 9.88. The van der Waals surface area contributed by atoms with Gasteiger partial charge in [-0.2, -0.15) is 0 Å². The van der Waals surface area contributed by atoms with E-state index in [0.29, 0.717) is 11.8 Å². The van der Waals surface area contributed by atoms with Gasteiger partial charge in [-0.1, -0.05) is 36.4 Å². The molecule has 2 heterocycles. The van der Waals surface area contributed by atoms with E-state index in [0.717, 1.165) is 50.9 Å². The molecule has 0 saturated carbocycles. The third-order valence-corrected chi connectivity index (χ3v) is 6.42. The summed E-state index contributed by atoms with van der Waals surface area (Å²) in [6.45, 7) is 5.34. The number of nitrogens with one attached hydrogen (secondary N) is 1. The van der Waals surface area contributed by atoms with Gasteiger partial charge in [0, 0.05) is 51.5 Å². The van der Waals surface area contributed by atoms with Crippen molar-refractivity contribution in [3.8, 4) is 5.75 Å². The highest BCUT2D eigenvalue weighted by atomic mass is 16.5. The van der Waals surface area contributed by atoms with Crippen LogP contribution in [-0.2, 0) is 6.42 Å². The molecule has 0 amide bonds. The summed E-state index contributed by atoms with van der Waals surface area (Å²) in [5.74, 6) is 3.33. The average Bonchev–Trinajstić information content (AvgIpc) is 3.45. The molecular weight excluding hydrogens is 372 g/mol. The van der Waals surface area contributed by atoms with Crippen LogP contribution in [0.5, 0.6) is 5.75 Å². The molecule has 5 nitrogen and oxygen atoms in total. The summed E-state index contributed by atoms with van der Waals surface area (Å²) in [4.78, 5) is 9.47. The van der Waals surface area contributed by atoms with E-state index in [1.807, 2.05) is 13.1 Å². The molecule has 2 aromatic carbocycles. The van der Waals surface area contributed by atoms with Gasteiger partial charge < -0.3 is 19.9 Å². The van der Waals surface area contributed by atoms with Crippen LogP contribution in [0.1, 0.15) is 18.4 Å². The number of aliphatic imine (C=N–C) groups is 1. The largest absolute Gasteiger partial charge is 0.497 e. The van der Waals surface area contributed by atoms with E-state index < -0.39 is 0 Å². The summed E-state index contributed by atoms with van der Waals surface area (Å²) < 4.78 is 5.38. The second-order valence-corrected chi connectivity index (χ2v) is 8.52. The Kier molecular flexibility index (Phi) is 6.77. The molecule has 2 saturated heterocycles. The van der Waals surface area contributed by atoms with Crippen molar-refractivity contribution in [1.82, 2.24) is 10.2 Å². The number of hydrogen-bond donors (Lipinski definition) is 1. The van der Waals surface area contributed by atoms with Crippen molar-refractivity contribution in [2.45, 2.75) is 19.3 Å². The van der Waals surface area contributed by atoms with Crippen LogP contribution in [0.3, 0.4) is 0 Å². The van der Waals surface area contributed by atoms with Crippen molar-refractivity contribution >= 4 is 11.6 Å². The molecule has 2 atom stereocenters. The number of nitrogens with zero attached hydrogens (tertiary/aromatic N) is 3. The third kappa shape index (κ3) is 5.07. The van der Waals surface area contributed by atoms with Crippen LogP contribution in [0.4, 0.5) is 5.69 Å². The molecule has 2 unspecified atom stereocenters. The van der Waals surface area contributed by atoms with Crippen molar-refractivity contribution in [3.63, 3.8) is 0 Å². The zero-order chi connectivity index (χ0) is 20.8. The van der Waals surface area contributed by atoms with E-state index in [4.69, 9.17) is 4.74 Å². The topological polar surface area (TPSA) is 40.1 Å². The lowest BCUT2D eigenvalue weighted by molar-refractivity contribution is 0.415. The fourth-order valence-electron chi connectivity index (χ4n) is 4.75. The van der Waals surface area contributed by atoms with Crippen LogP contribution in [0.15, 0.2) is 59.6 Å². The van der Waals surface area contributed by atoms with Gasteiger partial charge in [0.1, 0.15) is 5.75 Å². The van der Waals surface area contributed by atoms with E-state index in [1.165, 1.54) is 24.1 Å².